The average molecular weight is 1210 g/mol. The van der Waals surface area contributed by atoms with E-state index in [-0.39, 0.29) is 93.5 Å². The molecule has 16 heteroatoms. The van der Waals surface area contributed by atoms with Crippen LogP contribution in [0.15, 0.2) is 88.1 Å². The minimum absolute atomic E-state index is 0.0230. The first-order valence-electron chi connectivity index (χ1n) is 30.0. The maximum absolute atomic E-state index is 15.7. The van der Waals surface area contributed by atoms with Gasteiger partial charge in [-0.2, -0.15) is 0 Å². The number of aliphatic hydroxyl groups excluding tert-OH is 4. The van der Waals surface area contributed by atoms with Crippen LogP contribution in [0.1, 0.15) is 143 Å². The van der Waals surface area contributed by atoms with Crippen LogP contribution in [0.25, 0.3) is 44.2 Å². The molecule has 0 saturated carbocycles. The van der Waals surface area contributed by atoms with E-state index in [0.717, 1.165) is 88.4 Å². The molecule has 0 spiro atoms. The maximum atomic E-state index is 15.7. The first kappa shape index (κ1) is 57.9. The number of aliphatic hydroxyl groups is 4. The average Bonchev–Trinajstić information content (AvgIpc) is 0.880. The van der Waals surface area contributed by atoms with Gasteiger partial charge in [0.2, 0.25) is 11.2 Å². The van der Waals surface area contributed by atoms with Gasteiger partial charge in [-0.15, -0.1) is 0 Å². The molecule has 5 heterocycles. The van der Waals surface area contributed by atoms with Crippen molar-refractivity contribution in [3.63, 3.8) is 0 Å². The lowest BCUT2D eigenvalue weighted by Gasteiger charge is -2.43. The van der Waals surface area contributed by atoms with Gasteiger partial charge in [0.25, 0.3) is 0 Å². The molecule has 10 unspecified atom stereocenters. The van der Waals surface area contributed by atoms with Crippen LogP contribution in [0.2, 0.25) is 0 Å². The van der Waals surface area contributed by atoms with Gasteiger partial charge in [0.1, 0.15) is 40.6 Å². The predicted molar refractivity (Wildman–Crippen MR) is 339 cm³/mol. The molecule has 2 saturated heterocycles. The number of fused-ring (bicyclic) bond motifs is 12. The zero-order chi connectivity index (χ0) is 58.1. The molecule has 5 bridgehead atoms. The molecular formula is C68H73NO11S4. The standard InChI is InChI=1S/C68H73NO11S4/c1-34(2)21-42-28-47(50-33-82-83-55-26-38(23-36-8-3-7-35(22-36)15-18-71)32-69-61(55)41-10-4-9-37(24-41)25-46(50)62(42)75)66-65(78)64(77)60-54(80-66)31-52(74)58-48-29-45-43(16-19-72)39(11-5-17-70)27-40-13-14-44-59(56(40)45)57(48)49-30-53(79-67(58)60)51(73)12-6-20-81-84-68(44)63(49)76/h3-4,7-10,13-14,18,22,24,28-29,31,34,38-39,43,49,51,53,55,61,63,68-70,72-76,78H,5-6,11-12,15-17,19-21,23,25-27,30,32-33H2,1-2H3. The van der Waals surface area contributed by atoms with Gasteiger partial charge in [-0.25, -0.2) is 0 Å². The fourth-order valence-electron chi connectivity index (χ4n) is 15.1. The summed E-state index contributed by atoms with van der Waals surface area (Å²) in [5, 5.41) is 89.6. The number of aldehydes is 1. The van der Waals surface area contributed by atoms with Crippen LogP contribution >= 0.6 is 43.2 Å². The molecule has 4 aliphatic heterocycles. The van der Waals surface area contributed by atoms with Gasteiger partial charge in [-0.3, -0.25) is 4.79 Å². The SMILES string of the molecule is CC(C)Cc1cc(-c2oc3cc(O)c4c(c3c(=O)c2O)OC2CC3c5c-4cc4c6c(ccc(c56)C(SSCCCC2O)C3O)CC(CCCO)C4CCO)c2c(c1O)Cc1cccc(c1)C1NCC(Cc3cccc(CC=O)c3)CC1SSC2. The van der Waals surface area contributed by atoms with Crippen LogP contribution in [-0.4, -0.2) is 91.1 Å². The minimum Gasteiger partial charge on any atom is -0.507 e. The number of ether oxygens (including phenoxy) is 1. The van der Waals surface area contributed by atoms with E-state index >= 15 is 4.79 Å². The topological polar surface area (TPSA) is 210 Å². The van der Waals surface area contributed by atoms with E-state index in [1.165, 1.54) is 17.2 Å². The number of phenolic OH excluding ortho intramolecular Hbond substituents is 2. The number of rotatable bonds is 12. The summed E-state index contributed by atoms with van der Waals surface area (Å²) in [5.74, 6) is 0.169. The molecule has 10 atom stereocenters. The summed E-state index contributed by atoms with van der Waals surface area (Å²) < 4.78 is 14.0. The van der Waals surface area contributed by atoms with Crippen molar-refractivity contribution in [1.29, 1.82) is 0 Å². The zero-order valence-electron chi connectivity index (χ0n) is 47.4. The summed E-state index contributed by atoms with van der Waals surface area (Å²) in [6, 6.07) is 26.6. The van der Waals surface area contributed by atoms with Gasteiger partial charge in [0.05, 0.1) is 23.0 Å². The van der Waals surface area contributed by atoms with E-state index in [1.54, 1.807) is 43.2 Å². The summed E-state index contributed by atoms with van der Waals surface area (Å²) in [4.78, 5) is 27.1. The fraction of sp³-hybridized carbons (Fsp3) is 0.441. The molecule has 0 amide bonds. The summed E-state index contributed by atoms with van der Waals surface area (Å²) in [6.07, 6.45) is 4.96. The Morgan fingerprint density at radius 2 is 1.68 bits per heavy atom. The number of carbonyl (C=O) groups excluding carboxylic acids is 1. The molecule has 2 fully saturated rings. The molecular weight excluding hydrogens is 1140 g/mol. The Bertz CT molecular complexity index is 3750. The Hall–Kier alpha value is -5.14. The Morgan fingerprint density at radius 3 is 2.50 bits per heavy atom. The van der Waals surface area contributed by atoms with E-state index in [4.69, 9.17) is 9.15 Å². The van der Waals surface area contributed by atoms with Crippen molar-refractivity contribution in [1.82, 2.24) is 5.32 Å². The normalized spacial score (nSPS) is 25.4. The van der Waals surface area contributed by atoms with Gasteiger partial charge < -0.3 is 55.0 Å². The van der Waals surface area contributed by atoms with Crippen molar-refractivity contribution >= 4 is 71.2 Å². The number of hydrogen-bond donors (Lipinski definition) is 8. The second-order valence-electron chi connectivity index (χ2n) is 24.7. The van der Waals surface area contributed by atoms with Crippen LogP contribution in [0.4, 0.5) is 0 Å². The lowest BCUT2D eigenvalue weighted by Crippen LogP contribution is -2.41. The molecule has 2 aliphatic carbocycles. The van der Waals surface area contributed by atoms with E-state index < -0.39 is 35.4 Å². The van der Waals surface area contributed by atoms with Crippen molar-refractivity contribution in [3.8, 4) is 45.4 Å². The molecule has 440 valence electrons. The molecule has 84 heavy (non-hydrogen) atoms. The van der Waals surface area contributed by atoms with E-state index in [9.17, 15) is 40.5 Å². The Balaban J connectivity index is 0.981. The first-order chi connectivity index (χ1) is 40.8. The van der Waals surface area contributed by atoms with Crippen LogP contribution in [-0.2, 0) is 42.7 Å². The number of piperidine rings is 1. The van der Waals surface area contributed by atoms with Crippen molar-refractivity contribution in [2.24, 2.45) is 17.8 Å². The number of carbonyl (C=O) groups is 1. The molecule has 1 aromatic heterocycles. The van der Waals surface area contributed by atoms with Crippen molar-refractivity contribution in [2.45, 2.75) is 143 Å². The first-order valence-corrected chi connectivity index (χ1v) is 34.8. The second-order valence-corrected chi connectivity index (χ2v) is 30.0. The molecule has 12 nitrogen and oxygen atoms in total. The highest BCUT2D eigenvalue weighted by Gasteiger charge is 2.47. The summed E-state index contributed by atoms with van der Waals surface area (Å²) in [7, 11) is 6.80. The van der Waals surface area contributed by atoms with Crippen LogP contribution in [0.3, 0.4) is 0 Å². The third-order valence-corrected chi connectivity index (χ3v) is 24.5. The highest BCUT2D eigenvalue weighted by atomic mass is 33.1. The molecule has 0 radical (unpaired) electrons. The van der Waals surface area contributed by atoms with E-state index in [2.05, 4.69) is 73.8 Å². The quantitative estimate of drug-likeness (QED) is 0.0422. The number of phenols is 2. The lowest BCUT2D eigenvalue weighted by molar-refractivity contribution is -0.107. The minimum atomic E-state index is -1.02. The predicted octanol–water partition coefficient (Wildman–Crippen LogP) is 12.7. The van der Waals surface area contributed by atoms with Gasteiger partial charge in [-0.05, 0) is 179 Å². The number of nitrogens with one attached hydrogen (secondary N) is 1. The zero-order valence-corrected chi connectivity index (χ0v) is 50.6. The third kappa shape index (κ3) is 10.5. The Kier molecular flexibility index (Phi) is 16.7. The fourth-order valence-corrected chi connectivity index (χ4v) is 21.1. The highest BCUT2D eigenvalue weighted by molar-refractivity contribution is 8.77. The van der Waals surface area contributed by atoms with Crippen molar-refractivity contribution in [3.05, 3.63) is 150 Å². The monoisotopic (exact) mass is 1210 g/mol. The van der Waals surface area contributed by atoms with Crippen molar-refractivity contribution < 1.29 is 49.7 Å². The van der Waals surface area contributed by atoms with Gasteiger partial charge in [-0.1, -0.05) is 118 Å². The van der Waals surface area contributed by atoms with Gasteiger partial charge >= 0.3 is 0 Å². The van der Waals surface area contributed by atoms with Crippen LogP contribution < -0.4 is 15.5 Å². The lowest BCUT2D eigenvalue weighted by atomic mass is 9.65. The van der Waals surface area contributed by atoms with Gasteiger partial charge in [0.15, 0.2) is 5.76 Å². The number of hydrogen-bond acceptors (Lipinski definition) is 16. The largest absolute Gasteiger partial charge is 0.507 e. The molecule has 8 N–H and O–H groups in total. The number of aromatic hydroxyl groups is 3. The molecule has 13 rings (SSSR count). The van der Waals surface area contributed by atoms with E-state index in [0.29, 0.717) is 84.4 Å². The summed E-state index contributed by atoms with van der Waals surface area (Å²) in [6.45, 7) is 4.98. The van der Waals surface area contributed by atoms with Gasteiger partial charge in [0, 0.05) is 72.0 Å². The highest BCUT2D eigenvalue weighted by Crippen LogP contribution is 2.61. The third-order valence-electron chi connectivity index (χ3n) is 18.9. The van der Waals surface area contributed by atoms with Crippen LogP contribution in [0.5, 0.6) is 23.0 Å². The Labute approximate surface area is 505 Å². The smallest absolute Gasteiger partial charge is 0.238 e. The molecule has 6 aliphatic rings. The maximum Gasteiger partial charge on any atom is 0.238 e. The number of benzene rings is 6. The summed E-state index contributed by atoms with van der Waals surface area (Å²) in [5.41, 5.74) is 10.8. The van der Waals surface area contributed by atoms with Crippen LogP contribution in [0, 0.1) is 17.8 Å². The van der Waals surface area contributed by atoms with E-state index in [1.807, 2.05) is 18.2 Å². The van der Waals surface area contributed by atoms with Crippen molar-refractivity contribution in [2.75, 3.05) is 25.5 Å². The summed E-state index contributed by atoms with van der Waals surface area (Å²) >= 11 is 0. The molecule has 6 aromatic carbocycles. The second kappa shape index (κ2) is 24.2. The Morgan fingerprint density at radius 1 is 0.833 bits per heavy atom. The molecule has 7 aromatic rings.